The average Bonchev–Trinajstić information content (AvgIpc) is 3.11. The first-order valence-corrected chi connectivity index (χ1v) is 10.1. The van der Waals surface area contributed by atoms with Gasteiger partial charge in [-0.15, -0.1) is 11.8 Å². The predicted molar refractivity (Wildman–Crippen MR) is 112 cm³/mol. The van der Waals surface area contributed by atoms with Crippen molar-refractivity contribution in [2.24, 2.45) is 0 Å². The number of aryl methyl sites for hydroxylation is 1. The van der Waals surface area contributed by atoms with Crippen LogP contribution in [0.15, 0.2) is 65.8 Å². The maximum atomic E-state index is 12.7. The number of thioether (sulfide) groups is 1. The summed E-state index contributed by atoms with van der Waals surface area (Å²) in [5.74, 6) is 0.952. The van der Waals surface area contributed by atoms with Crippen LogP contribution in [-0.4, -0.2) is 20.7 Å². The minimum atomic E-state index is -0.145. The minimum Gasteiger partial charge on any atom is -0.351 e. The second-order valence-electron chi connectivity index (χ2n) is 6.16. The van der Waals surface area contributed by atoms with Crippen LogP contribution in [0.25, 0.3) is 5.69 Å². The first-order chi connectivity index (χ1) is 13.1. The molecule has 0 spiro atoms. The van der Waals surface area contributed by atoms with Crippen LogP contribution in [0.5, 0.6) is 0 Å². The number of amides is 1. The van der Waals surface area contributed by atoms with Crippen LogP contribution in [0.1, 0.15) is 24.7 Å². The summed E-state index contributed by atoms with van der Waals surface area (Å²) in [6, 6.07) is 15.6. The highest BCUT2D eigenvalue weighted by Crippen LogP contribution is 2.27. The topological polar surface area (TPSA) is 46.9 Å². The number of nitrogens with zero attached hydrogens (tertiary/aromatic N) is 2. The second kappa shape index (κ2) is 9.11. The normalized spacial score (nSPS) is 12.0. The highest BCUT2D eigenvalue weighted by atomic mass is 35.5. The molecule has 0 saturated heterocycles. The quantitative estimate of drug-likeness (QED) is 0.567. The fourth-order valence-electron chi connectivity index (χ4n) is 2.82. The Kier molecular flexibility index (Phi) is 6.58. The van der Waals surface area contributed by atoms with Gasteiger partial charge in [0.05, 0.1) is 10.9 Å². The molecule has 1 amide bonds. The molecule has 0 fully saturated rings. The largest absolute Gasteiger partial charge is 0.351 e. The number of nitrogens with one attached hydrogen (secondary N) is 1. The van der Waals surface area contributed by atoms with Crippen LogP contribution in [0.4, 0.5) is 0 Å². The number of para-hydroxylation sites is 1. The molecule has 27 heavy (non-hydrogen) atoms. The molecule has 6 heteroatoms. The number of aromatic nitrogens is 2. The van der Waals surface area contributed by atoms with Crippen LogP contribution in [0.2, 0.25) is 5.02 Å². The van der Waals surface area contributed by atoms with E-state index in [1.54, 1.807) is 18.0 Å². The summed E-state index contributed by atoms with van der Waals surface area (Å²) in [5.41, 5.74) is 2.09. The predicted octanol–water partition coefficient (Wildman–Crippen LogP) is 5.02. The Hall–Kier alpha value is -2.24. The summed E-state index contributed by atoms with van der Waals surface area (Å²) in [6.45, 7) is 4.46. The summed E-state index contributed by atoms with van der Waals surface area (Å²) in [5, 5.41) is 3.64. The van der Waals surface area contributed by atoms with Crippen molar-refractivity contribution >= 4 is 29.3 Å². The number of hydrogen-bond donors (Lipinski definition) is 1. The summed E-state index contributed by atoms with van der Waals surface area (Å²) in [7, 11) is 0. The van der Waals surface area contributed by atoms with Gasteiger partial charge in [0, 0.05) is 28.9 Å². The first kappa shape index (κ1) is 19.5. The lowest BCUT2D eigenvalue weighted by Gasteiger charge is -2.17. The molecule has 1 heterocycles. The van der Waals surface area contributed by atoms with Crippen LogP contribution in [0.3, 0.4) is 0 Å². The van der Waals surface area contributed by atoms with Gasteiger partial charge in [0.1, 0.15) is 5.82 Å². The third kappa shape index (κ3) is 4.93. The number of carbonyl (C=O) groups is 1. The number of hydrogen-bond acceptors (Lipinski definition) is 3. The van der Waals surface area contributed by atoms with Crippen molar-refractivity contribution in [3.05, 3.63) is 77.3 Å². The van der Waals surface area contributed by atoms with Crippen LogP contribution in [-0.2, 0) is 11.3 Å². The molecule has 0 aliphatic heterocycles. The molecule has 1 atom stereocenters. The van der Waals surface area contributed by atoms with Crippen molar-refractivity contribution in [2.75, 3.05) is 0 Å². The monoisotopic (exact) mass is 399 g/mol. The molecule has 0 aliphatic carbocycles. The van der Waals surface area contributed by atoms with Gasteiger partial charge < -0.3 is 9.88 Å². The molecule has 1 N–H and O–H groups in total. The Balaban J connectivity index is 1.68. The molecule has 4 nitrogen and oxygen atoms in total. The van der Waals surface area contributed by atoms with Crippen LogP contribution >= 0.6 is 23.4 Å². The smallest absolute Gasteiger partial charge is 0.233 e. The van der Waals surface area contributed by atoms with E-state index in [1.165, 1.54) is 0 Å². The Morgan fingerprint density at radius 1 is 1.22 bits per heavy atom. The van der Waals surface area contributed by atoms with Crippen molar-refractivity contribution in [1.29, 1.82) is 0 Å². The van der Waals surface area contributed by atoms with Crippen LogP contribution < -0.4 is 5.32 Å². The molecule has 2 aromatic carbocycles. The molecule has 0 saturated carbocycles. The third-order valence-electron chi connectivity index (χ3n) is 4.29. The van der Waals surface area contributed by atoms with Gasteiger partial charge in [0.15, 0.2) is 0 Å². The number of halogens is 1. The number of benzene rings is 2. The SMILES string of the molecule is CCC(Sc1ccc(Cl)cc1)C(=O)NCc1ccccc1-n1ccnc1C. The number of rotatable bonds is 7. The molecule has 0 radical (unpaired) electrons. The standard InChI is InChI=1S/C21H22ClN3OS/c1-3-20(27-18-10-8-17(22)9-11-18)21(26)24-14-16-6-4-5-7-19(16)25-13-12-23-15(25)2/h4-13,20H,3,14H2,1-2H3,(H,24,26). The molecular formula is C21H22ClN3OS. The van der Waals surface area contributed by atoms with Gasteiger partial charge in [-0.2, -0.15) is 0 Å². The van der Waals surface area contributed by atoms with Gasteiger partial charge in [0.25, 0.3) is 0 Å². The number of carbonyl (C=O) groups excluding carboxylic acids is 1. The zero-order chi connectivity index (χ0) is 19.2. The summed E-state index contributed by atoms with van der Waals surface area (Å²) >= 11 is 7.49. The van der Waals surface area contributed by atoms with Gasteiger partial charge in [-0.25, -0.2) is 4.98 Å². The van der Waals surface area contributed by atoms with Gasteiger partial charge in [-0.05, 0) is 49.2 Å². The third-order valence-corrected chi connectivity index (χ3v) is 5.91. The van der Waals surface area contributed by atoms with Crippen molar-refractivity contribution < 1.29 is 4.79 Å². The summed E-state index contributed by atoms with van der Waals surface area (Å²) < 4.78 is 2.03. The van der Waals surface area contributed by atoms with E-state index in [0.717, 1.165) is 28.4 Å². The minimum absolute atomic E-state index is 0.0367. The first-order valence-electron chi connectivity index (χ1n) is 8.86. The van der Waals surface area contributed by atoms with E-state index in [0.29, 0.717) is 11.6 Å². The molecule has 140 valence electrons. The van der Waals surface area contributed by atoms with E-state index in [4.69, 9.17) is 11.6 Å². The highest BCUT2D eigenvalue weighted by Gasteiger charge is 2.18. The molecule has 3 rings (SSSR count). The molecular weight excluding hydrogens is 378 g/mol. The zero-order valence-corrected chi connectivity index (χ0v) is 16.9. The van der Waals surface area contributed by atoms with Crippen molar-refractivity contribution in [3.63, 3.8) is 0 Å². The molecule has 0 bridgehead atoms. The second-order valence-corrected chi connectivity index (χ2v) is 7.87. The van der Waals surface area contributed by atoms with Gasteiger partial charge in [-0.1, -0.05) is 36.7 Å². The van der Waals surface area contributed by atoms with E-state index in [2.05, 4.69) is 10.3 Å². The van der Waals surface area contributed by atoms with Gasteiger partial charge >= 0.3 is 0 Å². The Morgan fingerprint density at radius 3 is 2.63 bits per heavy atom. The fraction of sp³-hybridized carbons (Fsp3) is 0.238. The van der Waals surface area contributed by atoms with Crippen molar-refractivity contribution in [2.45, 2.75) is 37.0 Å². The Bertz CT molecular complexity index is 908. The number of imidazole rings is 1. The van der Waals surface area contributed by atoms with Crippen molar-refractivity contribution in [3.8, 4) is 5.69 Å². The Morgan fingerprint density at radius 2 is 1.96 bits per heavy atom. The van der Waals surface area contributed by atoms with Gasteiger partial charge in [-0.3, -0.25) is 4.79 Å². The molecule has 1 unspecified atom stereocenters. The Labute approximate surface area is 169 Å². The summed E-state index contributed by atoms with van der Waals surface area (Å²) in [6.07, 6.45) is 4.46. The fourth-order valence-corrected chi connectivity index (χ4v) is 3.93. The maximum Gasteiger partial charge on any atom is 0.233 e. The maximum absolute atomic E-state index is 12.7. The molecule has 1 aromatic heterocycles. The van der Waals surface area contributed by atoms with E-state index in [1.807, 2.05) is 73.1 Å². The van der Waals surface area contributed by atoms with E-state index < -0.39 is 0 Å². The zero-order valence-electron chi connectivity index (χ0n) is 15.4. The molecule has 3 aromatic rings. The van der Waals surface area contributed by atoms with E-state index >= 15 is 0 Å². The lowest BCUT2D eigenvalue weighted by Crippen LogP contribution is -2.32. The highest BCUT2D eigenvalue weighted by molar-refractivity contribution is 8.00. The van der Waals surface area contributed by atoms with Crippen molar-refractivity contribution in [1.82, 2.24) is 14.9 Å². The lowest BCUT2D eigenvalue weighted by atomic mass is 10.1. The average molecular weight is 400 g/mol. The van der Waals surface area contributed by atoms with Crippen LogP contribution in [0, 0.1) is 6.92 Å². The van der Waals surface area contributed by atoms with E-state index in [9.17, 15) is 4.79 Å². The molecule has 0 aliphatic rings. The lowest BCUT2D eigenvalue weighted by molar-refractivity contribution is -0.120. The van der Waals surface area contributed by atoms with E-state index in [-0.39, 0.29) is 11.2 Å². The van der Waals surface area contributed by atoms with Gasteiger partial charge in [0.2, 0.25) is 5.91 Å². The summed E-state index contributed by atoms with van der Waals surface area (Å²) in [4.78, 5) is 18.0.